The number of β-amino-alcohol motifs (C(OH)–C–C–N with tert-alkyl or cyclic N) is 1. The van der Waals surface area contributed by atoms with Gasteiger partial charge in [-0.05, 0) is 44.4 Å². The summed E-state index contributed by atoms with van der Waals surface area (Å²) in [5.41, 5.74) is 5.12. The Kier molecular flexibility index (Phi) is 4.28. The molecule has 0 aromatic heterocycles. The molecule has 1 amide bonds. The van der Waals surface area contributed by atoms with Crippen molar-refractivity contribution in [3.05, 3.63) is 0 Å². The van der Waals surface area contributed by atoms with Crippen molar-refractivity contribution < 1.29 is 9.90 Å². The first kappa shape index (κ1) is 13.8. The maximum absolute atomic E-state index is 12.0. The van der Waals surface area contributed by atoms with Crippen molar-refractivity contribution in [2.24, 2.45) is 11.7 Å². The van der Waals surface area contributed by atoms with Gasteiger partial charge in [0.05, 0.1) is 11.6 Å². The van der Waals surface area contributed by atoms with Crippen LogP contribution in [0.4, 0.5) is 0 Å². The molecule has 2 fully saturated rings. The molecule has 0 bridgehead atoms. The van der Waals surface area contributed by atoms with Gasteiger partial charge >= 0.3 is 0 Å². The number of likely N-dealkylation sites (tertiary alicyclic amines) is 1. The lowest BCUT2D eigenvalue weighted by molar-refractivity contribution is -0.140. The zero-order valence-corrected chi connectivity index (χ0v) is 11.4. The highest BCUT2D eigenvalue weighted by molar-refractivity contribution is 5.82. The highest BCUT2D eigenvalue weighted by Crippen LogP contribution is 2.34. The number of piperidine rings is 1. The van der Waals surface area contributed by atoms with E-state index in [9.17, 15) is 9.90 Å². The Morgan fingerprint density at radius 1 is 1.39 bits per heavy atom. The summed E-state index contributed by atoms with van der Waals surface area (Å²) in [6, 6.07) is -0.352. The zero-order valence-electron chi connectivity index (χ0n) is 11.4. The van der Waals surface area contributed by atoms with E-state index in [1.165, 1.54) is 6.42 Å². The summed E-state index contributed by atoms with van der Waals surface area (Å²) in [7, 11) is 0. The molecule has 0 aromatic rings. The predicted molar refractivity (Wildman–Crippen MR) is 71.0 cm³/mol. The number of hydrogen-bond donors (Lipinski definition) is 2. The lowest BCUT2D eigenvalue weighted by atomic mass is 9.77. The smallest absolute Gasteiger partial charge is 0.239 e. The summed E-state index contributed by atoms with van der Waals surface area (Å²) in [6.07, 6.45) is 6.76. The van der Waals surface area contributed by atoms with Gasteiger partial charge in [-0.25, -0.2) is 0 Å². The maximum atomic E-state index is 12.0. The first-order valence-electron chi connectivity index (χ1n) is 7.31. The van der Waals surface area contributed by atoms with E-state index in [1.807, 2.05) is 0 Å². The summed E-state index contributed by atoms with van der Waals surface area (Å²) in [5, 5.41) is 10.6. The van der Waals surface area contributed by atoms with Gasteiger partial charge in [-0.15, -0.1) is 0 Å². The minimum Gasteiger partial charge on any atom is -0.388 e. The van der Waals surface area contributed by atoms with Gasteiger partial charge in [0.25, 0.3) is 0 Å². The van der Waals surface area contributed by atoms with Crippen molar-refractivity contribution in [1.29, 1.82) is 0 Å². The van der Waals surface area contributed by atoms with Crippen molar-refractivity contribution in [2.45, 2.75) is 63.5 Å². The number of nitrogens with zero attached hydrogens (tertiary/aromatic N) is 1. The van der Waals surface area contributed by atoms with Crippen LogP contribution in [0, 0.1) is 5.92 Å². The van der Waals surface area contributed by atoms with Crippen LogP contribution in [-0.4, -0.2) is 40.6 Å². The van der Waals surface area contributed by atoms with Crippen molar-refractivity contribution in [3.8, 4) is 0 Å². The van der Waals surface area contributed by atoms with Crippen molar-refractivity contribution in [1.82, 2.24) is 4.90 Å². The van der Waals surface area contributed by atoms with Crippen LogP contribution in [-0.2, 0) is 4.79 Å². The fourth-order valence-electron chi connectivity index (χ4n) is 3.26. The molecule has 4 heteroatoms. The van der Waals surface area contributed by atoms with E-state index < -0.39 is 5.60 Å². The van der Waals surface area contributed by atoms with Crippen LogP contribution in [0.1, 0.15) is 51.9 Å². The molecule has 4 nitrogen and oxygen atoms in total. The van der Waals surface area contributed by atoms with Crippen LogP contribution in [0.2, 0.25) is 0 Å². The largest absolute Gasteiger partial charge is 0.388 e. The molecule has 0 aromatic carbocycles. The fraction of sp³-hybridized carbons (Fsp3) is 0.929. The predicted octanol–water partition coefficient (Wildman–Crippen LogP) is 1.27. The number of rotatable bonds is 3. The number of nitrogens with two attached hydrogens (primary N) is 1. The van der Waals surface area contributed by atoms with Crippen molar-refractivity contribution in [2.75, 3.05) is 13.1 Å². The van der Waals surface area contributed by atoms with E-state index in [0.717, 1.165) is 51.0 Å². The molecule has 2 aliphatic rings. The van der Waals surface area contributed by atoms with E-state index in [2.05, 4.69) is 6.92 Å². The fourth-order valence-corrected chi connectivity index (χ4v) is 3.26. The van der Waals surface area contributed by atoms with Crippen LogP contribution in [0.5, 0.6) is 0 Å². The topological polar surface area (TPSA) is 66.6 Å². The van der Waals surface area contributed by atoms with Gasteiger partial charge in [0.2, 0.25) is 5.91 Å². The highest BCUT2D eigenvalue weighted by atomic mass is 16.3. The van der Waals surface area contributed by atoms with Crippen LogP contribution in [0.3, 0.4) is 0 Å². The zero-order chi connectivity index (χ0) is 13.2. The van der Waals surface area contributed by atoms with Gasteiger partial charge in [0, 0.05) is 13.1 Å². The summed E-state index contributed by atoms with van der Waals surface area (Å²) >= 11 is 0. The van der Waals surface area contributed by atoms with Crippen molar-refractivity contribution >= 4 is 5.91 Å². The lowest BCUT2D eigenvalue weighted by Gasteiger charge is -2.41. The Morgan fingerprint density at radius 3 is 2.67 bits per heavy atom. The summed E-state index contributed by atoms with van der Waals surface area (Å²) in [5.74, 6) is 0.775. The third-order valence-corrected chi connectivity index (χ3v) is 4.67. The molecule has 18 heavy (non-hydrogen) atoms. The minimum absolute atomic E-state index is 0.0206. The van der Waals surface area contributed by atoms with Gasteiger partial charge in [-0.2, -0.15) is 0 Å². The number of amides is 1. The first-order chi connectivity index (χ1) is 8.54. The maximum Gasteiger partial charge on any atom is 0.239 e. The Labute approximate surface area is 110 Å². The molecule has 2 rings (SSSR count). The van der Waals surface area contributed by atoms with Crippen LogP contribution >= 0.6 is 0 Å². The molecular formula is C14H26N2O2. The molecule has 1 saturated heterocycles. The van der Waals surface area contributed by atoms with E-state index in [1.54, 1.807) is 4.90 Å². The summed E-state index contributed by atoms with van der Waals surface area (Å²) in [6.45, 7) is 3.45. The van der Waals surface area contributed by atoms with E-state index in [-0.39, 0.29) is 11.9 Å². The second kappa shape index (κ2) is 5.57. The summed E-state index contributed by atoms with van der Waals surface area (Å²) in [4.78, 5) is 13.7. The molecule has 1 heterocycles. The number of aliphatic hydroxyl groups is 1. The molecule has 0 radical (unpaired) electrons. The Hall–Kier alpha value is -0.610. The first-order valence-corrected chi connectivity index (χ1v) is 7.31. The van der Waals surface area contributed by atoms with E-state index in [0.29, 0.717) is 6.54 Å². The second-order valence-corrected chi connectivity index (χ2v) is 6.08. The Balaban J connectivity index is 1.90. The number of hydrogen-bond acceptors (Lipinski definition) is 3. The van der Waals surface area contributed by atoms with Gasteiger partial charge in [0.15, 0.2) is 0 Å². The summed E-state index contributed by atoms with van der Waals surface area (Å²) < 4.78 is 0. The molecule has 3 N–H and O–H groups in total. The molecule has 1 saturated carbocycles. The molecular weight excluding hydrogens is 228 g/mol. The van der Waals surface area contributed by atoms with E-state index >= 15 is 0 Å². The Morgan fingerprint density at radius 2 is 2.06 bits per heavy atom. The molecule has 104 valence electrons. The normalized spacial score (nSPS) is 37.9. The quantitative estimate of drug-likeness (QED) is 0.797. The Bertz CT molecular complexity index is 298. The molecule has 1 atom stereocenters. The SMILES string of the molecule is CCC1CCC(O)(CN2CCCC(N)C2=O)CC1. The van der Waals surface area contributed by atoms with Gasteiger partial charge in [-0.1, -0.05) is 13.3 Å². The van der Waals surface area contributed by atoms with Gasteiger partial charge < -0.3 is 15.7 Å². The number of carbonyl (C=O) groups excluding carboxylic acids is 1. The molecule has 1 unspecified atom stereocenters. The van der Waals surface area contributed by atoms with E-state index in [4.69, 9.17) is 5.73 Å². The molecule has 0 spiro atoms. The standard InChI is InChI=1S/C14H26N2O2/c1-2-11-5-7-14(18,8-6-11)10-16-9-3-4-12(15)13(16)17/h11-12,18H,2-10,15H2,1H3. The van der Waals surface area contributed by atoms with Gasteiger partial charge in [0.1, 0.15) is 0 Å². The monoisotopic (exact) mass is 254 g/mol. The molecule has 1 aliphatic heterocycles. The van der Waals surface area contributed by atoms with Crippen LogP contribution in [0.15, 0.2) is 0 Å². The third-order valence-electron chi connectivity index (χ3n) is 4.67. The average molecular weight is 254 g/mol. The lowest BCUT2D eigenvalue weighted by Crippen LogP contribution is -2.54. The third kappa shape index (κ3) is 3.04. The number of carbonyl (C=O) groups is 1. The average Bonchev–Trinajstić information content (AvgIpc) is 2.36. The van der Waals surface area contributed by atoms with Crippen LogP contribution in [0.25, 0.3) is 0 Å². The molecule has 1 aliphatic carbocycles. The van der Waals surface area contributed by atoms with Crippen LogP contribution < -0.4 is 5.73 Å². The second-order valence-electron chi connectivity index (χ2n) is 6.08. The minimum atomic E-state index is -0.668. The van der Waals surface area contributed by atoms with Gasteiger partial charge in [-0.3, -0.25) is 4.79 Å². The van der Waals surface area contributed by atoms with Crippen molar-refractivity contribution in [3.63, 3.8) is 0 Å². The highest BCUT2D eigenvalue weighted by Gasteiger charge is 2.37.